The minimum atomic E-state index is -0.589. The van der Waals surface area contributed by atoms with Crippen molar-refractivity contribution < 1.29 is 4.92 Å². The van der Waals surface area contributed by atoms with Gasteiger partial charge >= 0.3 is 5.69 Å². The van der Waals surface area contributed by atoms with Crippen LogP contribution >= 0.6 is 0 Å². The van der Waals surface area contributed by atoms with E-state index in [2.05, 4.69) is 24.1 Å². The number of nitrogens with zero attached hydrogens (tertiary/aromatic N) is 3. The Morgan fingerprint density at radius 3 is 2.84 bits per heavy atom. The lowest BCUT2D eigenvalue weighted by atomic mass is 9.92. The molecule has 1 saturated carbocycles. The number of nitriles is 1. The Morgan fingerprint density at radius 2 is 2.32 bits per heavy atom. The van der Waals surface area contributed by atoms with Crippen molar-refractivity contribution in [1.29, 1.82) is 5.26 Å². The second-order valence-electron chi connectivity index (χ2n) is 5.68. The van der Waals surface area contributed by atoms with E-state index >= 15 is 0 Å². The summed E-state index contributed by atoms with van der Waals surface area (Å²) in [4.78, 5) is 14.1. The van der Waals surface area contributed by atoms with E-state index in [-0.39, 0.29) is 11.4 Å². The number of rotatable bonds is 3. The van der Waals surface area contributed by atoms with Gasteiger partial charge in [-0.2, -0.15) is 5.26 Å². The van der Waals surface area contributed by atoms with E-state index in [1.165, 1.54) is 6.07 Å². The van der Waals surface area contributed by atoms with Gasteiger partial charge in [0.2, 0.25) is 5.69 Å². The number of hydrogen-bond acceptors (Lipinski definition) is 5. The summed E-state index contributed by atoms with van der Waals surface area (Å²) in [7, 11) is 0. The standard InChI is InChI=1S/C13H16N4O2/c1-13(2)6-5-9(7-13)15-12-4-3-11(17(18)19)10(8-14)16-12/h3-4,9H,5-7H2,1-2H3,(H,15,16). The summed E-state index contributed by atoms with van der Waals surface area (Å²) in [6.07, 6.45) is 3.23. The van der Waals surface area contributed by atoms with E-state index < -0.39 is 4.92 Å². The van der Waals surface area contributed by atoms with Gasteiger partial charge in [-0.25, -0.2) is 4.98 Å². The van der Waals surface area contributed by atoms with Crippen LogP contribution in [0.5, 0.6) is 0 Å². The first-order valence-corrected chi connectivity index (χ1v) is 6.23. The number of nitro groups is 1. The Kier molecular flexibility index (Phi) is 3.38. The minimum absolute atomic E-state index is 0.146. The van der Waals surface area contributed by atoms with E-state index in [0.717, 1.165) is 19.3 Å². The molecule has 0 radical (unpaired) electrons. The second-order valence-corrected chi connectivity index (χ2v) is 5.68. The van der Waals surface area contributed by atoms with Crippen molar-refractivity contribution >= 4 is 11.5 Å². The molecule has 1 aromatic heterocycles. The molecule has 2 rings (SSSR count). The first-order chi connectivity index (χ1) is 8.91. The molecule has 0 amide bonds. The molecule has 6 nitrogen and oxygen atoms in total. The number of pyridine rings is 1. The van der Waals surface area contributed by atoms with Gasteiger partial charge in [-0.3, -0.25) is 10.1 Å². The SMILES string of the molecule is CC1(C)CCC(Nc2ccc([N+](=O)[O-])c(C#N)n2)C1. The van der Waals surface area contributed by atoms with E-state index in [4.69, 9.17) is 5.26 Å². The Bertz CT molecular complexity index is 548. The van der Waals surface area contributed by atoms with Crippen LogP contribution in [0.4, 0.5) is 11.5 Å². The predicted molar refractivity (Wildman–Crippen MR) is 70.6 cm³/mol. The van der Waals surface area contributed by atoms with Crippen molar-refractivity contribution in [3.8, 4) is 6.07 Å². The van der Waals surface area contributed by atoms with Gasteiger partial charge in [0.1, 0.15) is 11.9 Å². The fraction of sp³-hybridized carbons (Fsp3) is 0.538. The van der Waals surface area contributed by atoms with Crippen LogP contribution in [0.3, 0.4) is 0 Å². The zero-order valence-electron chi connectivity index (χ0n) is 11.0. The summed E-state index contributed by atoms with van der Waals surface area (Å²) in [5.41, 5.74) is -0.0803. The lowest BCUT2D eigenvalue weighted by Crippen LogP contribution is -2.18. The summed E-state index contributed by atoms with van der Waals surface area (Å²) in [5.74, 6) is 0.532. The summed E-state index contributed by atoms with van der Waals surface area (Å²) < 4.78 is 0. The molecule has 1 aliphatic rings. The van der Waals surface area contributed by atoms with E-state index in [1.54, 1.807) is 12.1 Å². The Labute approximate surface area is 111 Å². The van der Waals surface area contributed by atoms with Crippen molar-refractivity contribution in [3.05, 3.63) is 27.9 Å². The van der Waals surface area contributed by atoms with E-state index in [9.17, 15) is 10.1 Å². The van der Waals surface area contributed by atoms with Crippen LogP contribution in [-0.2, 0) is 0 Å². The first kappa shape index (κ1) is 13.3. The zero-order valence-corrected chi connectivity index (χ0v) is 11.0. The average Bonchev–Trinajstić information content (AvgIpc) is 2.68. The highest BCUT2D eigenvalue weighted by Gasteiger charge is 2.31. The van der Waals surface area contributed by atoms with Gasteiger partial charge in [0.15, 0.2) is 0 Å². The van der Waals surface area contributed by atoms with Crippen LogP contribution in [0.25, 0.3) is 0 Å². The maximum atomic E-state index is 10.7. The van der Waals surface area contributed by atoms with Crippen LogP contribution in [0.2, 0.25) is 0 Å². The van der Waals surface area contributed by atoms with Gasteiger partial charge in [0, 0.05) is 12.1 Å². The third kappa shape index (κ3) is 2.99. The molecule has 1 fully saturated rings. The molecule has 1 heterocycles. The molecule has 0 aromatic carbocycles. The smallest absolute Gasteiger partial charge is 0.305 e. The zero-order chi connectivity index (χ0) is 14.0. The van der Waals surface area contributed by atoms with Crippen molar-refractivity contribution in [2.75, 3.05) is 5.32 Å². The maximum absolute atomic E-state index is 10.7. The second kappa shape index (κ2) is 4.84. The molecule has 0 aliphatic heterocycles. The van der Waals surface area contributed by atoms with E-state index in [0.29, 0.717) is 17.3 Å². The first-order valence-electron chi connectivity index (χ1n) is 6.23. The molecular formula is C13H16N4O2. The van der Waals surface area contributed by atoms with Crippen LogP contribution in [0.1, 0.15) is 38.8 Å². The summed E-state index contributed by atoms with van der Waals surface area (Å²) in [6.45, 7) is 4.44. The highest BCUT2D eigenvalue weighted by Crippen LogP contribution is 2.38. The molecule has 19 heavy (non-hydrogen) atoms. The predicted octanol–water partition coefficient (Wildman–Crippen LogP) is 2.85. The summed E-state index contributed by atoms with van der Waals surface area (Å²) in [5, 5.41) is 22.9. The van der Waals surface area contributed by atoms with Crippen molar-refractivity contribution in [1.82, 2.24) is 4.98 Å². The number of anilines is 1. The van der Waals surface area contributed by atoms with Gasteiger partial charge in [-0.1, -0.05) is 13.8 Å². The lowest BCUT2D eigenvalue weighted by molar-refractivity contribution is -0.385. The Hall–Kier alpha value is -2.16. The van der Waals surface area contributed by atoms with Crippen molar-refractivity contribution in [3.63, 3.8) is 0 Å². The molecule has 100 valence electrons. The van der Waals surface area contributed by atoms with Crippen LogP contribution in [0.15, 0.2) is 12.1 Å². The van der Waals surface area contributed by atoms with Crippen LogP contribution in [-0.4, -0.2) is 15.9 Å². The molecule has 0 saturated heterocycles. The van der Waals surface area contributed by atoms with Crippen LogP contribution in [0, 0.1) is 26.9 Å². The molecule has 1 aromatic rings. The minimum Gasteiger partial charge on any atom is -0.367 e. The molecule has 0 bridgehead atoms. The molecular weight excluding hydrogens is 244 g/mol. The highest BCUT2D eigenvalue weighted by molar-refractivity contribution is 5.50. The monoisotopic (exact) mass is 260 g/mol. The molecule has 1 unspecified atom stereocenters. The fourth-order valence-corrected chi connectivity index (χ4v) is 2.53. The Balaban J connectivity index is 2.15. The molecule has 0 spiro atoms. The van der Waals surface area contributed by atoms with Gasteiger partial charge < -0.3 is 5.32 Å². The Morgan fingerprint density at radius 1 is 1.58 bits per heavy atom. The molecule has 1 aliphatic carbocycles. The molecule has 1 N–H and O–H groups in total. The van der Waals surface area contributed by atoms with Crippen LogP contribution < -0.4 is 5.32 Å². The summed E-state index contributed by atoms with van der Waals surface area (Å²) >= 11 is 0. The molecule has 1 atom stereocenters. The third-order valence-electron chi connectivity index (χ3n) is 3.50. The average molecular weight is 260 g/mol. The number of aromatic nitrogens is 1. The van der Waals surface area contributed by atoms with Crippen molar-refractivity contribution in [2.45, 2.75) is 39.2 Å². The molecule has 6 heteroatoms. The van der Waals surface area contributed by atoms with Gasteiger partial charge in [0.25, 0.3) is 0 Å². The number of hydrogen-bond donors (Lipinski definition) is 1. The largest absolute Gasteiger partial charge is 0.367 e. The van der Waals surface area contributed by atoms with Gasteiger partial charge in [-0.05, 0) is 30.7 Å². The summed E-state index contributed by atoms with van der Waals surface area (Å²) in [6, 6.07) is 4.97. The normalized spacial score (nSPS) is 20.8. The van der Waals surface area contributed by atoms with Gasteiger partial charge in [-0.15, -0.1) is 0 Å². The fourth-order valence-electron chi connectivity index (χ4n) is 2.53. The maximum Gasteiger partial charge on any atom is 0.305 e. The van der Waals surface area contributed by atoms with E-state index in [1.807, 2.05) is 0 Å². The quantitative estimate of drug-likeness (QED) is 0.666. The topological polar surface area (TPSA) is 91.9 Å². The van der Waals surface area contributed by atoms with Crippen molar-refractivity contribution in [2.24, 2.45) is 5.41 Å². The third-order valence-corrected chi connectivity index (χ3v) is 3.50. The van der Waals surface area contributed by atoms with Gasteiger partial charge in [0.05, 0.1) is 4.92 Å². The lowest BCUT2D eigenvalue weighted by Gasteiger charge is -2.18. The highest BCUT2D eigenvalue weighted by atomic mass is 16.6. The number of nitrogens with one attached hydrogen (secondary N) is 1.